The molecule has 2 nitrogen and oxygen atoms in total. The Balaban J connectivity index is 1.67. The molecule has 0 heterocycles. The van der Waals surface area contributed by atoms with Crippen LogP contribution in [0.3, 0.4) is 0 Å². The summed E-state index contributed by atoms with van der Waals surface area (Å²) in [7, 11) is 0. The van der Waals surface area contributed by atoms with Crippen LogP contribution in [-0.2, 0) is 13.0 Å². The van der Waals surface area contributed by atoms with E-state index in [1.54, 1.807) is 0 Å². The number of nitrogens with one attached hydrogen (secondary N) is 1. The minimum Gasteiger partial charge on any atom is -0.342 e. The molecule has 0 radical (unpaired) electrons. The number of aryl methyl sites for hydroxylation is 1. The highest BCUT2D eigenvalue weighted by molar-refractivity contribution is 7.80. The van der Waals surface area contributed by atoms with E-state index in [9.17, 15) is 4.39 Å². The summed E-state index contributed by atoms with van der Waals surface area (Å²) in [5, 5.41) is 4.07. The Morgan fingerprint density at radius 2 is 1.70 bits per heavy atom. The topological polar surface area (TPSA) is 15.3 Å². The van der Waals surface area contributed by atoms with Crippen molar-refractivity contribution in [2.75, 3.05) is 5.32 Å². The van der Waals surface area contributed by atoms with Crippen molar-refractivity contribution in [2.45, 2.75) is 38.8 Å². The lowest BCUT2D eigenvalue weighted by Gasteiger charge is -2.26. The molecule has 4 heteroatoms. The second-order valence-electron chi connectivity index (χ2n) is 5.97. The Hall–Kier alpha value is -1.94. The van der Waals surface area contributed by atoms with Gasteiger partial charge >= 0.3 is 0 Å². The van der Waals surface area contributed by atoms with Crippen molar-refractivity contribution in [3.63, 3.8) is 0 Å². The third kappa shape index (κ3) is 4.29. The lowest BCUT2D eigenvalue weighted by Crippen LogP contribution is -2.36. The smallest absolute Gasteiger partial charge is 0.173 e. The maximum atomic E-state index is 13.1. The van der Waals surface area contributed by atoms with Crippen LogP contribution in [0.15, 0.2) is 48.5 Å². The Bertz CT molecular complexity index is 663. The van der Waals surface area contributed by atoms with E-state index < -0.39 is 0 Å². The van der Waals surface area contributed by atoms with Gasteiger partial charge in [0.25, 0.3) is 0 Å². The van der Waals surface area contributed by atoms with E-state index in [0.29, 0.717) is 12.6 Å². The van der Waals surface area contributed by atoms with Gasteiger partial charge in [0.2, 0.25) is 0 Å². The number of halogens is 1. The average Bonchev–Trinajstić information content (AvgIpc) is 3.39. The SMILES string of the molecule is CCc1ccc(NC(=S)N(Cc2ccc(F)cc2)C2CC2)cc1. The molecule has 23 heavy (non-hydrogen) atoms. The Labute approximate surface area is 142 Å². The van der Waals surface area contributed by atoms with E-state index in [1.807, 2.05) is 12.1 Å². The van der Waals surface area contributed by atoms with Gasteiger partial charge in [0.15, 0.2) is 5.11 Å². The van der Waals surface area contributed by atoms with Gasteiger partial charge in [-0.15, -0.1) is 0 Å². The highest BCUT2D eigenvalue weighted by Gasteiger charge is 2.30. The molecule has 0 aliphatic heterocycles. The van der Waals surface area contributed by atoms with Crippen molar-refractivity contribution in [3.8, 4) is 0 Å². The molecular formula is C19H21FN2S. The molecule has 1 aliphatic rings. The van der Waals surface area contributed by atoms with Crippen molar-refractivity contribution in [3.05, 3.63) is 65.5 Å². The van der Waals surface area contributed by atoms with Crippen LogP contribution in [0, 0.1) is 5.82 Å². The van der Waals surface area contributed by atoms with Crippen molar-refractivity contribution >= 4 is 23.0 Å². The highest BCUT2D eigenvalue weighted by Crippen LogP contribution is 2.29. The molecule has 1 N–H and O–H groups in total. The van der Waals surface area contributed by atoms with E-state index in [4.69, 9.17) is 12.2 Å². The maximum Gasteiger partial charge on any atom is 0.173 e. The summed E-state index contributed by atoms with van der Waals surface area (Å²) in [4.78, 5) is 2.20. The summed E-state index contributed by atoms with van der Waals surface area (Å²) in [5.41, 5.74) is 3.40. The van der Waals surface area contributed by atoms with Gasteiger partial charge in [-0.2, -0.15) is 0 Å². The number of benzene rings is 2. The molecule has 0 atom stereocenters. The van der Waals surface area contributed by atoms with E-state index in [-0.39, 0.29) is 5.82 Å². The Morgan fingerprint density at radius 1 is 1.09 bits per heavy atom. The molecule has 0 amide bonds. The number of rotatable bonds is 5. The number of anilines is 1. The predicted octanol–water partition coefficient (Wildman–Crippen LogP) is 4.75. The van der Waals surface area contributed by atoms with Gasteiger partial charge in [0, 0.05) is 18.3 Å². The summed E-state index contributed by atoms with van der Waals surface area (Å²) in [6.45, 7) is 2.86. The maximum absolute atomic E-state index is 13.1. The lowest BCUT2D eigenvalue weighted by molar-refractivity contribution is 0.409. The molecule has 1 saturated carbocycles. The second kappa shape index (κ2) is 7.09. The van der Waals surface area contributed by atoms with Crippen LogP contribution in [0.4, 0.5) is 10.1 Å². The molecule has 3 rings (SSSR count). The van der Waals surface area contributed by atoms with Gasteiger partial charge in [0.1, 0.15) is 5.82 Å². The molecule has 0 bridgehead atoms. The first-order valence-electron chi connectivity index (χ1n) is 8.06. The third-order valence-electron chi connectivity index (χ3n) is 4.13. The summed E-state index contributed by atoms with van der Waals surface area (Å²) in [6, 6.07) is 15.5. The van der Waals surface area contributed by atoms with Crippen LogP contribution < -0.4 is 5.32 Å². The zero-order valence-electron chi connectivity index (χ0n) is 13.3. The molecule has 1 aliphatic carbocycles. The van der Waals surface area contributed by atoms with E-state index in [2.05, 4.69) is 41.4 Å². The average molecular weight is 328 g/mol. The Morgan fingerprint density at radius 3 is 2.26 bits per heavy atom. The van der Waals surface area contributed by atoms with Crippen LogP contribution in [0.5, 0.6) is 0 Å². The van der Waals surface area contributed by atoms with E-state index in [0.717, 1.165) is 35.6 Å². The largest absolute Gasteiger partial charge is 0.342 e. The van der Waals surface area contributed by atoms with Gasteiger partial charge in [-0.25, -0.2) is 4.39 Å². The van der Waals surface area contributed by atoms with Crippen molar-refractivity contribution in [2.24, 2.45) is 0 Å². The molecule has 0 unspecified atom stereocenters. The molecule has 0 aromatic heterocycles. The van der Waals surface area contributed by atoms with Crippen molar-refractivity contribution in [1.82, 2.24) is 4.90 Å². The van der Waals surface area contributed by atoms with Gasteiger partial charge in [-0.05, 0) is 66.9 Å². The molecule has 1 fully saturated rings. The predicted molar refractivity (Wildman–Crippen MR) is 97.0 cm³/mol. The molecular weight excluding hydrogens is 307 g/mol. The summed E-state index contributed by atoms with van der Waals surface area (Å²) in [6.07, 6.45) is 3.36. The first-order chi connectivity index (χ1) is 11.2. The number of thiocarbonyl (C=S) groups is 1. The van der Waals surface area contributed by atoms with Gasteiger partial charge < -0.3 is 10.2 Å². The van der Waals surface area contributed by atoms with Crippen molar-refractivity contribution in [1.29, 1.82) is 0 Å². The fraction of sp³-hybridized carbons (Fsp3) is 0.316. The molecule has 2 aromatic carbocycles. The van der Waals surface area contributed by atoms with Crippen LogP contribution >= 0.6 is 12.2 Å². The zero-order chi connectivity index (χ0) is 16.2. The molecule has 120 valence electrons. The second-order valence-corrected chi connectivity index (χ2v) is 6.35. The monoisotopic (exact) mass is 328 g/mol. The standard InChI is InChI=1S/C19H21FN2S/c1-2-14-5-9-17(10-6-14)21-19(23)22(18-11-12-18)13-15-3-7-16(20)8-4-15/h3-10,18H,2,11-13H2,1H3,(H,21,23). The van der Waals surface area contributed by atoms with Crippen LogP contribution in [0.1, 0.15) is 30.9 Å². The van der Waals surface area contributed by atoms with Crippen LogP contribution in [-0.4, -0.2) is 16.1 Å². The number of hydrogen-bond acceptors (Lipinski definition) is 1. The fourth-order valence-electron chi connectivity index (χ4n) is 2.56. The molecule has 2 aromatic rings. The minimum atomic E-state index is -0.205. The Kier molecular flexibility index (Phi) is 4.91. The van der Waals surface area contributed by atoms with Gasteiger partial charge in [-0.1, -0.05) is 31.2 Å². The highest BCUT2D eigenvalue weighted by atomic mass is 32.1. The number of nitrogens with zero attached hydrogens (tertiary/aromatic N) is 1. The van der Waals surface area contributed by atoms with Crippen LogP contribution in [0.2, 0.25) is 0 Å². The van der Waals surface area contributed by atoms with Crippen molar-refractivity contribution < 1.29 is 4.39 Å². The normalized spacial score (nSPS) is 13.7. The summed E-state index contributed by atoms with van der Waals surface area (Å²) in [5.74, 6) is -0.205. The summed E-state index contributed by atoms with van der Waals surface area (Å²) < 4.78 is 13.1. The third-order valence-corrected chi connectivity index (χ3v) is 4.46. The molecule has 0 spiro atoms. The van der Waals surface area contributed by atoms with Gasteiger partial charge in [-0.3, -0.25) is 0 Å². The zero-order valence-corrected chi connectivity index (χ0v) is 14.1. The minimum absolute atomic E-state index is 0.205. The molecule has 0 saturated heterocycles. The summed E-state index contributed by atoms with van der Waals surface area (Å²) >= 11 is 5.60. The quantitative estimate of drug-likeness (QED) is 0.798. The van der Waals surface area contributed by atoms with E-state index in [1.165, 1.54) is 17.7 Å². The lowest BCUT2D eigenvalue weighted by atomic mass is 10.1. The van der Waals surface area contributed by atoms with Crippen LogP contribution in [0.25, 0.3) is 0 Å². The first kappa shape index (κ1) is 15.9. The van der Waals surface area contributed by atoms with Gasteiger partial charge in [0.05, 0.1) is 0 Å². The van der Waals surface area contributed by atoms with E-state index >= 15 is 0 Å². The first-order valence-corrected chi connectivity index (χ1v) is 8.47. The number of hydrogen-bond donors (Lipinski definition) is 1. The fourth-order valence-corrected chi connectivity index (χ4v) is 2.89.